The van der Waals surface area contributed by atoms with Crippen LogP contribution in [0, 0.1) is 5.92 Å². The molecule has 0 radical (unpaired) electrons. The number of nitrogens with zero attached hydrogens (tertiary/aromatic N) is 1. The molecule has 0 spiro atoms. The Morgan fingerprint density at radius 1 is 0.944 bits per heavy atom. The molecule has 0 amide bonds. The first-order chi connectivity index (χ1) is 8.83. The van der Waals surface area contributed by atoms with Crippen molar-refractivity contribution in [3.8, 4) is 0 Å². The lowest BCUT2D eigenvalue weighted by Gasteiger charge is -2.36. The molecule has 1 N–H and O–H groups in total. The number of nitrogens with one attached hydrogen (secondary N) is 1. The molecule has 1 aliphatic carbocycles. The third kappa shape index (κ3) is 3.96. The standard InChI is InChI=1S/C16H32N2/c1-3-14-6-5-12-18(13-11-14)16-9-7-15(8-10-16)17-4-2/h14-17H,3-13H2,1-2H3. The van der Waals surface area contributed by atoms with E-state index in [4.69, 9.17) is 0 Å². The maximum Gasteiger partial charge on any atom is 0.00964 e. The topological polar surface area (TPSA) is 15.3 Å². The van der Waals surface area contributed by atoms with Crippen LogP contribution in [0.4, 0.5) is 0 Å². The van der Waals surface area contributed by atoms with Gasteiger partial charge in [-0.3, -0.25) is 0 Å². The van der Waals surface area contributed by atoms with Crippen molar-refractivity contribution in [2.24, 2.45) is 5.92 Å². The molecule has 2 fully saturated rings. The van der Waals surface area contributed by atoms with Gasteiger partial charge in [0.15, 0.2) is 0 Å². The third-order valence-electron chi connectivity index (χ3n) is 5.17. The molecule has 2 nitrogen and oxygen atoms in total. The zero-order valence-corrected chi connectivity index (χ0v) is 12.5. The molecule has 2 aliphatic rings. The van der Waals surface area contributed by atoms with Crippen molar-refractivity contribution >= 4 is 0 Å². The lowest BCUT2D eigenvalue weighted by atomic mass is 9.90. The maximum atomic E-state index is 3.62. The van der Waals surface area contributed by atoms with Crippen LogP contribution in [0.5, 0.6) is 0 Å². The molecule has 0 bridgehead atoms. The molecule has 0 aromatic heterocycles. The molecule has 2 heteroatoms. The van der Waals surface area contributed by atoms with Gasteiger partial charge in [0.05, 0.1) is 0 Å². The van der Waals surface area contributed by atoms with E-state index < -0.39 is 0 Å². The SMILES string of the molecule is CCNC1CCC(N2CCCC(CC)CC2)CC1. The van der Waals surface area contributed by atoms with Crippen molar-refractivity contribution in [3.63, 3.8) is 0 Å². The largest absolute Gasteiger partial charge is 0.314 e. The Hall–Kier alpha value is -0.0800. The summed E-state index contributed by atoms with van der Waals surface area (Å²) in [7, 11) is 0. The molecular formula is C16H32N2. The smallest absolute Gasteiger partial charge is 0.00964 e. The zero-order chi connectivity index (χ0) is 12.8. The van der Waals surface area contributed by atoms with Crippen LogP contribution in [0.3, 0.4) is 0 Å². The highest BCUT2D eigenvalue weighted by Crippen LogP contribution is 2.27. The molecule has 1 unspecified atom stereocenters. The van der Waals surface area contributed by atoms with Gasteiger partial charge in [-0.05, 0) is 70.5 Å². The van der Waals surface area contributed by atoms with Crippen molar-refractivity contribution in [1.29, 1.82) is 0 Å². The fraction of sp³-hybridized carbons (Fsp3) is 1.00. The molecule has 1 aliphatic heterocycles. The fourth-order valence-electron chi connectivity index (χ4n) is 3.89. The zero-order valence-electron chi connectivity index (χ0n) is 12.5. The lowest BCUT2D eigenvalue weighted by molar-refractivity contribution is 0.147. The van der Waals surface area contributed by atoms with Crippen LogP contribution < -0.4 is 5.32 Å². The molecule has 1 heterocycles. The van der Waals surface area contributed by atoms with Gasteiger partial charge in [-0.25, -0.2) is 0 Å². The molecule has 1 saturated heterocycles. The van der Waals surface area contributed by atoms with Gasteiger partial charge in [-0.1, -0.05) is 20.3 Å². The summed E-state index contributed by atoms with van der Waals surface area (Å²) in [6, 6.07) is 1.71. The van der Waals surface area contributed by atoms with Crippen LogP contribution in [-0.2, 0) is 0 Å². The summed E-state index contributed by atoms with van der Waals surface area (Å²) in [5.74, 6) is 1.01. The average molecular weight is 252 g/mol. The molecule has 106 valence electrons. The Labute approximate surface area is 114 Å². The van der Waals surface area contributed by atoms with E-state index in [-0.39, 0.29) is 0 Å². The minimum absolute atomic E-state index is 0.807. The monoisotopic (exact) mass is 252 g/mol. The van der Waals surface area contributed by atoms with Gasteiger partial charge in [0.1, 0.15) is 0 Å². The summed E-state index contributed by atoms with van der Waals surface area (Å²) >= 11 is 0. The Balaban J connectivity index is 1.75. The predicted molar refractivity (Wildman–Crippen MR) is 78.9 cm³/mol. The minimum Gasteiger partial charge on any atom is -0.314 e. The first-order valence-corrected chi connectivity index (χ1v) is 8.30. The van der Waals surface area contributed by atoms with Gasteiger partial charge < -0.3 is 10.2 Å². The number of hydrogen-bond acceptors (Lipinski definition) is 2. The number of hydrogen-bond donors (Lipinski definition) is 1. The van der Waals surface area contributed by atoms with E-state index in [1.54, 1.807) is 0 Å². The first kappa shape index (κ1) is 14.3. The highest BCUT2D eigenvalue weighted by atomic mass is 15.2. The summed E-state index contributed by atoms with van der Waals surface area (Å²) in [5, 5.41) is 3.62. The quantitative estimate of drug-likeness (QED) is 0.825. The van der Waals surface area contributed by atoms with Crippen LogP contribution in [0.15, 0.2) is 0 Å². The summed E-state index contributed by atoms with van der Waals surface area (Å²) < 4.78 is 0. The van der Waals surface area contributed by atoms with Gasteiger partial charge in [0.2, 0.25) is 0 Å². The Kier molecular flexibility index (Phi) is 5.97. The first-order valence-electron chi connectivity index (χ1n) is 8.30. The van der Waals surface area contributed by atoms with Crippen LogP contribution in [-0.4, -0.2) is 36.6 Å². The molecular weight excluding hydrogens is 220 g/mol. The molecule has 0 aromatic rings. The molecule has 1 atom stereocenters. The third-order valence-corrected chi connectivity index (χ3v) is 5.17. The van der Waals surface area contributed by atoms with Gasteiger partial charge in [0, 0.05) is 12.1 Å². The van der Waals surface area contributed by atoms with E-state index in [0.29, 0.717) is 0 Å². The van der Waals surface area contributed by atoms with Crippen molar-refractivity contribution in [1.82, 2.24) is 10.2 Å². The van der Waals surface area contributed by atoms with Gasteiger partial charge in [-0.2, -0.15) is 0 Å². The van der Waals surface area contributed by atoms with E-state index in [1.807, 2.05) is 0 Å². The van der Waals surface area contributed by atoms with Gasteiger partial charge in [0.25, 0.3) is 0 Å². The van der Waals surface area contributed by atoms with Crippen molar-refractivity contribution in [3.05, 3.63) is 0 Å². The van der Waals surface area contributed by atoms with E-state index in [1.165, 1.54) is 64.5 Å². The maximum absolute atomic E-state index is 3.62. The second kappa shape index (κ2) is 7.49. The van der Waals surface area contributed by atoms with E-state index in [9.17, 15) is 0 Å². The van der Waals surface area contributed by atoms with E-state index >= 15 is 0 Å². The average Bonchev–Trinajstić information content (AvgIpc) is 2.65. The highest BCUT2D eigenvalue weighted by molar-refractivity contribution is 4.84. The fourth-order valence-corrected chi connectivity index (χ4v) is 3.89. The minimum atomic E-state index is 0.807. The molecule has 2 rings (SSSR count). The van der Waals surface area contributed by atoms with Crippen molar-refractivity contribution < 1.29 is 0 Å². The van der Waals surface area contributed by atoms with Crippen molar-refractivity contribution in [2.75, 3.05) is 19.6 Å². The Bertz CT molecular complexity index is 221. The Morgan fingerprint density at radius 3 is 2.39 bits per heavy atom. The van der Waals surface area contributed by atoms with Crippen molar-refractivity contribution in [2.45, 2.75) is 77.3 Å². The van der Waals surface area contributed by atoms with E-state index in [2.05, 4.69) is 24.1 Å². The molecule has 0 aromatic carbocycles. The summed E-state index contributed by atoms with van der Waals surface area (Å²) in [6.07, 6.45) is 11.4. The van der Waals surface area contributed by atoms with Crippen LogP contribution >= 0.6 is 0 Å². The predicted octanol–water partition coefficient (Wildman–Crippen LogP) is 3.42. The van der Waals surface area contributed by atoms with Gasteiger partial charge in [-0.15, -0.1) is 0 Å². The molecule has 18 heavy (non-hydrogen) atoms. The number of likely N-dealkylation sites (tertiary alicyclic amines) is 1. The highest BCUT2D eigenvalue weighted by Gasteiger charge is 2.26. The lowest BCUT2D eigenvalue weighted by Crippen LogP contribution is -2.42. The van der Waals surface area contributed by atoms with Crippen LogP contribution in [0.1, 0.15) is 65.2 Å². The summed E-state index contributed by atoms with van der Waals surface area (Å²) in [6.45, 7) is 8.47. The van der Waals surface area contributed by atoms with Crippen LogP contribution in [0.25, 0.3) is 0 Å². The second-order valence-corrected chi connectivity index (χ2v) is 6.30. The normalized spacial score (nSPS) is 35.3. The number of rotatable bonds is 4. The van der Waals surface area contributed by atoms with Gasteiger partial charge >= 0.3 is 0 Å². The second-order valence-electron chi connectivity index (χ2n) is 6.30. The van der Waals surface area contributed by atoms with Crippen LogP contribution in [0.2, 0.25) is 0 Å². The summed E-state index contributed by atoms with van der Waals surface area (Å²) in [5.41, 5.74) is 0. The van der Waals surface area contributed by atoms with E-state index in [0.717, 1.165) is 24.5 Å². The summed E-state index contributed by atoms with van der Waals surface area (Å²) in [4.78, 5) is 2.82. The molecule has 1 saturated carbocycles. The Morgan fingerprint density at radius 2 is 1.72 bits per heavy atom.